The molecule has 1 saturated carbocycles. The van der Waals surface area contributed by atoms with E-state index in [1.54, 1.807) is 12.1 Å². The van der Waals surface area contributed by atoms with Gasteiger partial charge in [0.05, 0.1) is 4.92 Å². The molecular formula is C18H24N2O3. The van der Waals surface area contributed by atoms with Crippen LogP contribution in [0.15, 0.2) is 12.1 Å². The van der Waals surface area contributed by atoms with Crippen LogP contribution in [0, 0.1) is 22.0 Å². The first-order valence-electron chi connectivity index (χ1n) is 8.65. The molecule has 2 fully saturated rings. The third-order valence-corrected chi connectivity index (χ3v) is 6.60. The summed E-state index contributed by atoms with van der Waals surface area (Å²) in [5.41, 5.74) is 2.02. The van der Waals surface area contributed by atoms with Gasteiger partial charge in [0.2, 0.25) is 0 Å². The van der Waals surface area contributed by atoms with Crippen molar-refractivity contribution in [2.45, 2.75) is 51.0 Å². The van der Waals surface area contributed by atoms with E-state index in [2.05, 4.69) is 18.7 Å². The summed E-state index contributed by atoms with van der Waals surface area (Å²) in [5, 5.41) is 21.2. The summed E-state index contributed by atoms with van der Waals surface area (Å²) >= 11 is 0. The highest BCUT2D eigenvalue weighted by Gasteiger charge is 2.49. The second-order valence-corrected chi connectivity index (χ2v) is 7.92. The number of nitrogens with zero attached hydrogens (tertiary/aromatic N) is 2. The maximum absolute atomic E-state index is 11.2. The Morgan fingerprint density at radius 1 is 1.43 bits per heavy atom. The number of hydrogen-bond acceptors (Lipinski definition) is 4. The number of aromatic hydroxyl groups is 1. The number of nitro benzene ring substituents is 1. The quantitative estimate of drug-likeness (QED) is 0.687. The summed E-state index contributed by atoms with van der Waals surface area (Å²) in [5.74, 6) is 1.17. The van der Waals surface area contributed by atoms with Crippen LogP contribution in [0.1, 0.15) is 44.2 Å². The van der Waals surface area contributed by atoms with Crippen molar-refractivity contribution in [3.8, 4) is 5.75 Å². The smallest absolute Gasteiger partial charge is 0.310 e. The van der Waals surface area contributed by atoms with Crippen LogP contribution in [-0.4, -0.2) is 34.1 Å². The molecule has 0 spiro atoms. The van der Waals surface area contributed by atoms with Crippen LogP contribution in [0.2, 0.25) is 0 Å². The van der Waals surface area contributed by atoms with E-state index in [1.807, 2.05) is 0 Å². The van der Waals surface area contributed by atoms with E-state index in [0.29, 0.717) is 12.0 Å². The third kappa shape index (κ3) is 2.24. The summed E-state index contributed by atoms with van der Waals surface area (Å²) < 4.78 is 0. The Labute approximate surface area is 136 Å². The number of rotatable bonds is 3. The predicted molar refractivity (Wildman–Crippen MR) is 87.7 cm³/mol. The van der Waals surface area contributed by atoms with Gasteiger partial charge >= 0.3 is 5.69 Å². The number of phenols is 1. The summed E-state index contributed by atoms with van der Waals surface area (Å²) in [7, 11) is 0. The van der Waals surface area contributed by atoms with E-state index in [0.717, 1.165) is 36.4 Å². The molecule has 2 bridgehead atoms. The monoisotopic (exact) mass is 316 g/mol. The molecular weight excluding hydrogens is 292 g/mol. The maximum atomic E-state index is 11.2. The van der Waals surface area contributed by atoms with Crippen LogP contribution >= 0.6 is 0 Å². The minimum atomic E-state index is -0.478. The topological polar surface area (TPSA) is 66.6 Å². The molecule has 2 aliphatic carbocycles. The van der Waals surface area contributed by atoms with Crippen LogP contribution in [-0.2, 0) is 11.8 Å². The number of piperidine rings is 1. The van der Waals surface area contributed by atoms with Gasteiger partial charge in [-0.3, -0.25) is 15.0 Å². The normalized spacial score (nSPS) is 33.3. The van der Waals surface area contributed by atoms with Crippen molar-refractivity contribution in [2.75, 3.05) is 13.1 Å². The summed E-state index contributed by atoms with van der Waals surface area (Å²) in [6.45, 7) is 6.85. The molecule has 1 N–H and O–H groups in total. The highest BCUT2D eigenvalue weighted by atomic mass is 16.6. The maximum Gasteiger partial charge on any atom is 0.310 e. The zero-order chi connectivity index (χ0) is 16.4. The van der Waals surface area contributed by atoms with Gasteiger partial charge in [0.25, 0.3) is 0 Å². The lowest BCUT2D eigenvalue weighted by Crippen LogP contribution is -2.58. The average Bonchev–Trinajstić information content (AvgIpc) is 3.30. The lowest BCUT2D eigenvalue weighted by Gasteiger charge is -2.54. The fourth-order valence-electron chi connectivity index (χ4n) is 4.75. The Balaban J connectivity index is 1.75. The summed E-state index contributed by atoms with van der Waals surface area (Å²) in [6, 6.07) is 3.74. The first-order chi connectivity index (χ1) is 10.9. The number of hydrogen-bond donors (Lipinski definition) is 1. The Morgan fingerprint density at radius 2 is 2.17 bits per heavy atom. The standard InChI is InChI=1S/C18H24N2O3/c1-11-15-7-13-8-16(20(22)23)17(21)9-14(13)18(11,2)5-6-19(15)10-12-3-4-12/h8-9,11-12,15,21H,3-7,10H2,1-2H3/t11?,15-,18-/m0/s1. The number of phenolic OH excluding ortho intramolecular Hbond substituents is 1. The van der Waals surface area contributed by atoms with E-state index in [1.165, 1.54) is 19.4 Å². The number of benzene rings is 1. The van der Waals surface area contributed by atoms with Gasteiger partial charge in [-0.25, -0.2) is 0 Å². The SMILES string of the molecule is CC1[C@@H]2Cc3cc([N+](=O)[O-])c(O)cc3[C@@]1(C)CCN2CC1CC1. The zero-order valence-corrected chi connectivity index (χ0v) is 13.8. The lowest BCUT2D eigenvalue weighted by atomic mass is 9.59. The van der Waals surface area contributed by atoms with E-state index in [9.17, 15) is 15.2 Å². The summed E-state index contributed by atoms with van der Waals surface area (Å²) in [6.07, 6.45) is 4.62. The Bertz CT molecular complexity index is 670. The Kier molecular flexibility index (Phi) is 3.21. The lowest BCUT2D eigenvalue weighted by molar-refractivity contribution is -0.386. The first-order valence-corrected chi connectivity index (χ1v) is 8.65. The van der Waals surface area contributed by atoms with E-state index >= 15 is 0 Å². The summed E-state index contributed by atoms with van der Waals surface area (Å²) in [4.78, 5) is 13.3. The molecule has 0 radical (unpaired) electrons. The van der Waals surface area contributed by atoms with Crippen molar-refractivity contribution < 1.29 is 10.0 Å². The van der Waals surface area contributed by atoms with Gasteiger partial charge in [-0.15, -0.1) is 0 Å². The number of nitro groups is 1. The van der Waals surface area contributed by atoms with Crippen molar-refractivity contribution in [1.29, 1.82) is 0 Å². The van der Waals surface area contributed by atoms with Gasteiger partial charge in [-0.2, -0.15) is 0 Å². The molecule has 5 heteroatoms. The number of fused-ring (bicyclic) bond motifs is 4. The molecule has 4 rings (SSSR count). The molecule has 0 aromatic heterocycles. The predicted octanol–water partition coefficient (Wildman–Crippen LogP) is 3.23. The molecule has 0 amide bonds. The van der Waals surface area contributed by atoms with Crippen LogP contribution in [0.4, 0.5) is 5.69 Å². The van der Waals surface area contributed by atoms with E-state index < -0.39 is 4.92 Å². The molecule has 3 atom stereocenters. The minimum Gasteiger partial charge on any atom is -0.502 e. The second kappa shape index (κ2) is 4.94. The highest BCUT2D eigenvalue weighted by Crippen LogP contribution is 2.51. The minimum absolute atomic E-state index is 0.00487. The van der Waals surface area contributed by atoms with E-state index in [4.69, 9.17) is 0 Å². The Morgan fingerprint density at radius 3 is 2.83 bits per heavy atom. The van der Waals surface area contributed by atoms with Gasteiger partial charge in [0.1, 0.15) is 0 Å². The van der Waals surface area contributed by atoms with Crippen LogP contribution < -0.4 is 0 Å². The average molecular weight is 316 g/mol. The van der Waals surface area contributed by atoms with Crippen LogP contribution in [0.25, 0.3) is 0 Å². The fraction of sp³-hybridized carbons (Fsp3) is 0.667. The van der Waals surface area contributed by atoms with Gasteiger partial charge in [-0.05, 0) is 66.7 Å². The molecule has 1 heterocycles. The highest BCUT2D eigenvalue weighted by molar-refractivity contribution is 5.55. The van der Waals surface area contributed by atoms with Crippen LogP contribution in [0.5, 0.6) is 5.75 Å². The van der Waals surface area contributed by atoms with Crippen molar-refractivity contribution in [3.05, 3.63) is 33.4 Å². The first kappa shape index (κ1) is 14.9. The fourth-order valence-corrected chi connectivity index (χ4v) is 4.75. The van der Waals surface area contributed by atoms with Gasteiger partial charge < -0.3 is 5.11 Å². The second-order valence-electron chi connectivity index (χ2n) is 7.92. The van der Waals surface area contributed by atoms with Crippen molar-refractivity contribution in [3.63, 3.8) is 0 Å². The van der Waals surface area contributed by atoms with E-state index in [-0.39, 0.29) is 16.9 Å². The van der Waals surface area contributed by atoms with Gasteiger partial charge in [0, 0.05) is 18.7 Å². The van der Waals surface area contributed by atoms with Crippen LogP contribution in [0.3, 0.4) is 0 Å². The molecule has 1 unspecified atom stereocenters. The zero-order valence-electron chi connectivity index (χ0n) is 13.8. The molecule has 1 saturated heterocycles. The molecule has 3 aliphatic rings. The molecule has 1 aromatic rings. The molecule has 1 aliphatic heterocycles. The molecule has 124 valence electrons. The molecule has 1 aromatic carbocycles. The van der Waals surface area contributed by atoms with Crippen molar-refractivity contribution >= 4 is 5.69 Å². The van der Waals surface area contributed by atoms with Gasteiger partial charge in [-0.1, -0.05) is 13.8 Å². The number of likely N-dealkylation sites (tertiary alicyclic amines) is 1. The molecule has 23 heavy (non-hydrogen) atoms. The molecule has 5 nitrogen and oxygen atoms in total. The van der Waals surface area contributed by atoms with Gasteiger partial charge in [0.15, 0.2) is 5.75 Å². The third-order valence-electron chi connectivity index (χ3n) is 6.60. The largest absolute Gasteiger partial charge is 0.502 e. The van der Waals surface area contributed by atoms with Crippen molar-refractivity contribution in [1.82, 2.24) is 4.90 Å². The Hall–Kier alpha value is -1.62. The van der Waals surface area contributed by atoms with Crippen molar-refractivity contribution in [2.24, 2.45) is 11.8 Å².